The Balaban J connectivity index is 2.69. The molecule has 0 saturated heterocycles. The molecule has 1 heterocycles. The number of carbonyl (C=O) groups excluding carboxylic acids is 1. The van der Waals surface area contributed by atoms with E-state index < -0.39 is 12.1 Å². The van der Waals surface area contributed by atoms with Gasteiger partial charge in [0.2, 0.25) is 0 Å². The van der Waals surface area contributed by atoms with Crippen LogP contribution >= 0.6 is 23.2 Å². The van der Waals surface area contributed by atoms with Gasteiger partial charge in [-0.3, -0.25) is 4.79 Å². The summed E-state index contributed by atoms with van der Waals surface area (Å²) in [6, 6.07) is 1.48. The SMILES string of the molecule is CC(=O)OCC(O)c1cnc(Cl)c(Cl)c1. The molecule has 0 spiro atoms. The summed E-state index contributed by atoms with van der Waals surface area (Å²) in [6.07, 6.45) is 0.429. The highest BCUT2D eigenvalue weighted by atomic mass is 35.5. The lowest BCUT2D eigenvalue weighted by atomic mass is 10.2. The van der Waals surface area contributed by atoms with E-state index in [4.69, 9.17) is 23.2 Å². The van der Waals surface area contributed by atoms with Crippen LogP contribution in [0.4, 0.5) is 0 Å². The first-order valence-electron chi connectivity index (χ1n) is 4.13. The van der Waals surface area contributed by atoms with Crippen LogP contribution in [0.1, 0.15) is 18.6 Å². The molecule has 0 bridgehead atoms. The van der Waals surface area contributed by atoms with Gasteiger partial charge >= 0.3 is 5.97 Å². The fraction of sp³-hybridized carbons (Fsp3) is 0.333. The Bertz CT molecular complexity index is 370. The first-order chi connectivity index (χ1) is 7.00. The van der Waals surface area contributed by atoms with Crippen molar-refractivity contribution in [2.24, 2.45) is 0 Å². The lowest BCUT2D eigenvalue weighted by Gasteiger charge is -2.10. The summed E-state index contributed by atoms with van der Waals surface area (Å²) >= 11 is 11.3. The van der Waals surface area contributed by atoms with Gasteiger partial charge in [0.1, 0.15) is 17.9 Å². The maximum atomic E-state index is 10.5. The Kier molecular flexibility index (Phi) is 4.32. The summed E-state index contributed by atoms with van der Waals surface area (Å²) in [7, 11) is 0. The second-order valence-corrected chi connectivity index (χ2v) is 3.62. The molecule has 1 aromatic rings. The Hall–Kier alpha value is -0.840. The molecule has 0 aliphatic carbocycles. The third-order valence-corrected chi connectivity index (χ3v) is 2.33. The molecule has 82 valence electrons. The number of nitrogens with zero attached hydrogens (tertiary/aromatic N) is 1. The molecular formula is C9H9Cl2NO3. The second kappa shape index (κ2) is 5.30. The molecule has 0 amide bonds. The van der Waals surface area contributed by atoms with Gasteiger partial charge in [-0.1, -0.05) is 23.2 Å². The van der Waals surface area contributed by atoms with Crippen molar-refractivity contribution in [1.82, 2.24) is 4.98 Å². The molecular weight excluding hydrogens is 241 g/mol. The number of aromatic nitrogens is 1. The number of aliphatic hydroxyl groups excluding tert-OH is 1. The van der Waals surface area contributed by atoms with Crippen LogP contribution in [-0.2, 0) is 9.53 Å². The first kappa shape index (κ1) is 12.2. The molecule has 1 N–H and O–H groups in total. The minimum Gasteiger partial charge on any atom is -0.463 e. The van der Waals surface area contributed by atoms with Gasteiger partial charge < -0.3 is 9.84 Å². The normalized spacial score (nSPS) is 12.3. The van der Waals surface area contributed by atoms with Gasteiger partial charge in [0.05, 0.1) is 5.02 Å². The van der Waals surface area contributed by atoms with E-state index in [1.54, 1.807) is 0 Å². The lowest BCUT2D eigenvalue weighted by molar-refractivity contribution is -0.144. The zero-order valence-electron chi connectivity index (χ0n) is 7.91. The van der Waals surface area contributed by atoms with Crippen molar-refractivity contribution in [1.29, 1.82) is 0 Å². The van der Waals surface area contributed by atoms with Crippen molar-refractivity contribution >= 4 is 29.2 Å². The standard InChI is InChI=1S/C9H9Cl2NO3/c1-5(13)15-4-8(14)6-2-7(10)9(11)12-3-6/h2-3,8,14H,4H2,1H3. The number of hydrogen-bond acceptors (Lipinski definition) is 4. The fourth-order valence-electron chi connectivity index (χ4n) is 0.911. The smallest absolute Gasteiger partial charge is 0.302 e. The van der Waals surface area contributed by atoms with Crippen LogP contribution in [0.3, 0.4) is 0 Å². The van der Waals surface area contributed by atoms with E-state index >= 15 is 0 Å². The largest absolute Gasteiger partial charge is 0.463 e. The number of ether oxygens (including phenoxy) is 1. The minimum absolute atomic E-state index is 0.130. The van der Waals surface area contributed by atoms with Crippen molar-refractivity contribution in [2.75, 3.05) is 6.61 Å². The second-order valence-electron chi connectivity index (χ2n) is 2.86. The summed E-state index contributed by atoms with van der Waals surface area (Å²) in [5.41, 5.74) is 0.450. The summed E-state index contributed by atoms with van der Waals surface area (Å²) in [4.78, 5) is 14.3. The van der Waals surface area contributed by atoms with Crippen molar-refractivity contribution < 1.29 is 14.6 Å². The average Bonchev–Trinajstić information content (AvgIpc) is 2.18. The van der Waals surface area contributed by atoms with Crippen molar-refractivity contribution in [3.05, 3.63) is 28.0 Å². The molecule has 4 nitrogen and oxygen atoms in total. The molecule has 0 aliphatic rings. The van der Waals surface area contributed by atoms with E-state index in [0.29, 0.717) is 5.56 Å². The fourth-order valence-corrected chi connectivity index (χ4v) is 1.19. The van der Waals surface area contributed by atoms with Gasteiger partial charge in [-0.05, 0) is 6.07 Å². The van der Waals surface area contributed by atoms with E-state index in [-0.39, 0.29) is 16.8 Å². The molecule has 0 aromatic carbocycles. The maximum Gasteiger partial charge on any atom is 0.302 e. The molecule has 1 aromatic heterocycles. The van der Waals surface area contributed by atoms with Crippen molar-refractivity contribution in [3.63, 3.8) is 0 Å². The number of hydrogen-bond donors (Lipinski definition) is 1. The number of carbonyl (C=O) groups is 1. The number of aliphatic hydroxyl groups is 1. The van der Waals surface area contributed by atoms with E-state index in [2.05, 4.69) is 9.72 Å². The van der Waals surface area contributed by atoms with Gasteiger partial charge in [0.25, 0.3) is 0 Å². The average molecular weight is 250 g/mol. The molecule has 0 saturated carbocycles. The van der Waals surface area contributed by atoms with Crippen LogP contribution in [-0.4, -0.2) is 22.7 Å². The Morgan fingerprint density at radius 2 is 2.33 bits per heavy atom. The highest BCUT2D eigenvalue weighted by Crippen LogP contribution is 2.23. The number of rotatable bonds is 3. The Labute approximate surface area is 96.8 Å². The van der Waals surface area contributed by atoms with Gasteiger partial charge in [-0.25, -0.2) is 4.98 Å². The monoisotopic (exact) mass is 249 g/mol. The molecule has 6 heteroatoms. The predicted molar refractivity (Wildman–Crippen MR) is 55.8 cm³/mol. The van der Waals surface area contributed by atoms with Gasteiger partial charge in [0.15, 0.2) is 0 Å². The Morgan fingerprint density at radius 3 is 2.87 bits per heavy atom. The minimum atomic E-state index is -0.948. The van der Waals surface area contributed by atoms with Crippen molar-refractivity contribution in [2.45, 2.75) is 13.0 Å². The van der Waals surface area contributed by atoms with Crippen LogP contribution in [0.5, 0.6) is 0 Å². The van der Waals surface area contributed by atoms with Crippen molar-refractivity contribution in [3.8, 4) is 0 Å². The third kappa shape index (κ3) is 3.66. The van der Waals surface area contributed by atoms with Gasteiger partial charge in [-0.2, -0.15) is 0 Å². The Morgan fingerprint density at radius 1 is 1.67 bits per heavy atom. The maximum absolute atomic E-state index is 10.5. The summed E-state index contributed by atoms with van der Waals surface area (Å²) in [6.45, 7) is 1.13. The molecule has 0 fully saturated rings. The van der Waals surface area contributed by atoms with Gasteiger partial charge in [0, 0.05) is 18.7 Å². The van der Waals surface area contributed by atoms with E-state index in [0.717, 1.165) is 0 Å². The van der Waals surface area contributed by atoms with Gasteiger partial charge in [-0.15, -0.1) is 0 Å². The summed E-state index contributed by atoms with van der Waals surface area (Å²) < 4.78 is 4.64. The third-order valence-electron chi connectivity index (χ3n) is 1.65. The molecule has 1 rings (SSSR count). The van der Waals surface area contributed by atoms with Crippen LogP contribution in [0.15, 0.2) is 12.3 Å². The number of pyridine rings is 1. The molecule has 0 radical (unpaired) electrons. The van der Waals surface area contributed by atoms with E-state index in [1.165, 1.54) is 19.2 Å². The predicted octanol–water partition coefficient (Wildman–Crippen LogP) is 1.98. The molecule has 1 atom stereocenters. The van der Waals surface area contributed by atoms with E-state index in [1.807, 2.05) is 0 Å². The van der Waals surface area contributed by atoms with E-state index in [9.17, 15) is 9.90 Å². The lowest BCUT2D eigenvalue weighted by Crippen LogP contribution is -2.10. The first-order valence-corrected chi connectivity index (χ1v) is 4.88. The zero-order valence-corrected chi connectivity index (χ0v) is 9.42. The number of esters is 1. The molecule has 0 aliphatic heterocycles. The molecule has 15 heavy (non-hydrogen) atoms. The highest BCUT2D eigenvalue weighted by Gasteiger charge is 2.11. The van der Waals surface area contributed by atoms with Crippen LogP contribution < -0.4 is 0 Å². The quantitative estimate of drug-likeness (QED) is 0.658. The highest BCUT2D eigenvalue weighted by molar-refractivity contribution is 6.41. The summed E-state index contributed by atoms with van der Waals surface area (Å²) in [5.74, 6) is -0.456. The molecule has 1 unspecified atom stereocenters. The topological polar surface area (TPSA) is 59.4 Å². The van der Waals surface area contributed by atoms with Crippen LogP contribution in [0, 0.1) is 0 Å². The zero-order chi connectivity index (χ0) is 11.4. The van der Waals surface area contributed by atoms with Crippen LogP contribution in [0.2, 0.25) is 10.2 Å². The summed E-state index contributed by atoms with van der Waals surface area (Å²) in [5, 5.41) is 9.98. The van der Waals surface area contributed by atoms with Crippen LogP contribution in [0.25, 0.3) is 0 Å². The number of halogens is 2.